The Morgan fingerprint density at radius 3 is 2.68 bits per heavy atom. The van der Waals surface area contributed by atoms with Crippen molar-refractivity contribution < 1.29 is 23.8 Å². The number of carbonyl (C=O) groups is 2. The fourth-order valence-electron chi connectivity index (χ4n) is 4.37. The number of carbonyl (C=O) groups excluding carboxylic acids is 2. The maximum Gasteiger partial charge on any atom is 0.296 e. The molecule has 2 fully saturated rings. The molecule has 2 amide bonds. The van der Waals surface area contributed by atoms with Gasteiger partial charge in [0, 0.05) is 26.7 Å². The Morgan fingerprint density at radius 1 is 1.24 bits per heavy atom. The van der Waals surface area contributed by atoms with E-state index >= 15 is 0 Å². The molecule has 2 N–H and O–H groups in total. The van der Waals surface area contributed by atoms with Gasteiger partial charge in [-0.05, 0) is 37.6 Å². The lowest BCUT2D eigenvalue weighted by molar-refractivity contribution is -0.143. The number of nitrogens with one attached hydrogen (secondary N) is 1. The van der Waals surface area contributed by atoms with Gasteiger partial charge in [-0.2, -0.15) is 0 Å². The van der Waals surface area contributed by atoms with E-state index < -0.39 is 40.8 Å². The van der Waals surface area contributed by atoms with Crippen LogP contribution in [0.3, 0.4) is 0 Å². The number of likely N-dealkylation sites (N-methyl/N-ethyl adjacent to an activating group) is 1. The number of rotatable bonds is 5. The highest BCUT2D eigenvalue weighted by Gasteiger charge is 2.39. The van der Waals surface area contributed by atoms with Gasteiger partial charge in [0.25, 0.3) is 11.5 Å². The highest BCUT2D eigenvalue weighted by Crippen LogP contribution is 2.32. The average Bonchev–Trinajstić information content (AvgIpc) is 3.32. The maximum atomic E-state index is 13.3. The fraction of sp³-hybridized carbons (Fsp3) is 0.478. The molecule has 2 atom stereocenters. The second-order valence-corrected chi connectivity index (χ2v) is 8.60. The molecule has 0 saturated carbocycles. The highest BCUT2D eigenvalue weighted by molar-refractivity contribution is 5.94. The van der Waals surface area contributed by atoms with E-state index in [0.717, 1.165) is 6.42 Å². The van der Waals surface area contributed by atoms with E-state index in [4.69, 9.17) is 4.74 Å². The summed E-state index contributed by atoms with van der Waals surface area (Å²) in [6.07, 6.45) is 1.29. The number of amides is 2. The lowest BCUT2D eigenvalue weighted by Gasteiger charge is -2.36. The maximum absolute atomic E-state index is 13.3. The summed E-state index contributed by atoms with van der Waals surface area (Å²) < 4.78 is 19.8. The molecule has 2 aromatic rings. The zero-order chi connectivity index (χ0) is 24.4. The Balaban J connectivity index is 1.59. The van der Waals surface area contributed by atoms with Gasteiger partial charge in [-0.1, -0.05) is 12.1 Å². The Morgan fingerprint density at radius 2 is 1.97 bits per heavy atom. The van der Waals surface area contributed by atoms with Crippen molar-refractivity contribution in [1.29, 1.82) is 0 Å². The van der Waals surface area contributed by atoms with Crippen LogP contribution in [0.2, 0.25) is 0 Å². The Bertz CT molecular complexity index is 1140. The number of aromatic hydroxyl groups is 1. The second-order valence-electron chi connectivity index (χ2n) is 8.60. The van der Waals surface area contributed by atoms with E-state index in [-0.39, 0.29) is 24.9 Å². The molecule has 34 heavy (non-hydrogen) atoms. The molecule has 0 spiro atoms. The molecule has 10 nitrogen and oxygen atoms in total. The van der Waals surface area contributed by atoms with Crippen molar-refractivity contribution in [2.75, 3.05) is 33.4 Å². The summed E-state index contributed by atoms with van der Waals surface area (Å²) in [7, 11) is 3.33. The van der Waals surface area contributed by atoms with Crippen molar-refractivity contribution in [3.05, 3.63) is 57.5 Å². The largest absolute Gasteiger partial charge is 0.501 e. The Kier molecular flexibility index (Phi) is 6.94. The van der Waals surface area contributed by atoms with Gasteiger partial charge in [-0.25, -0.2) is 9.37 Å². The third-order valence-corrected chi connectivity index (χ3v) is 6.40. The molecule has 11 heteroatoms. The summed E-state index contributed by atoms with van der Waals surface area (Å²) in [4.78, 5) is 46.8. The van der Waals surface area contributed by atoms with Gasteiger partial charge in [0.05, 0.1) is 19.3 Å². The summed E-state index contributed by atoms with van der Waals surface area (Å²) in [5, 5.41) is 12.9. The molecule has 0 bridgehead atoms. The number of aromatic nitrogens is 2. The number of benzene rings is 1. The topological polar surface area (TPSA) is 117 Å². The zero-order valence-corrected chi connectivity index (χ0v) is 19.2. The molecular formula is C23H28FN5O5. The van der Waals surface area contributed by atoms with Crippen LogP contribution in [0.5, 0.6) is 5.75 Å². The molecule has 3 heterocycles. The van der Waals surface area contributed by atoms with Crippen LogP contribution in [0.1, 0.15) is 40.8 Å². The van der Waals surface area contributed by atoms with Crippen molar-refractivity contribution in [3.8, 4) is 5.75 Å². The summed E-state index contributed by atoms with van der Waals surface area (Å²) in [5.41, 5.74) is -0.531. The van der Waals surface area contributed by atoms with Gasteiger partial charge in [0.1, 0.15) is 17.7 Å². The van der Waals surface area contributed by atoms with Crippen LogP contribution in [-0.2, 0) is 23.1 Å². The minimum absolute atomic E-state index is 0.0623. The van der Waals surface area contributed by atoms with Crippen LogP contribution in [0.25, 0.3) is 0 Å². The molecule has 182 valence electrons. The minimum Gasteiger partial charge on any atom is -0.501 e. The molecule has 2 saturated heterocycles. The van der Waals surface area contributed by atoms with Gasteiger partial charge in [0.2, 0.25) is 11.7 Å². The van der Waals surface area contributed by atoms with Crippen molar-refractivity contribution in [1.82, 2.24) is 24.7 Å². The van der Waals surface area contributed by atoms with Crippen molar-refractivity contribution in [2.45, 2.75) is 31.5 Å². The number of halogens is 1. The highest BCUT2D eigenvalue weighted by atomic mass is 19.1. The van der Waals surface area contributed by atoms with E-state index in [1.807, 2.05) is 11.9 Å². The monoisotopic (exact) mass is 473 g/mol. The SMILES string of the molecule is CN1CCOCC1C(=O)N1CCCC1c1nc(C(=O)NCc2ccc(F)cc2)c(O)c(=O)n1C. The van der Waals surface area contributed by atoms with Crippen molar-refractivity contribution in [2.24, 2.45) is 7.05 Å². The van der Waals surface area contributed by atoms with Crippen LogP contribution in [0, 0.1) is 5.82 Å². The first-order chi connectivity index (χ1) is 16.3. The molecule has 0 aliphatic carbocycles. The normalized spacial score (nSPS) is 21.0. The Labute approximate surface area is 195 Å². The molecule has 1 aromatic heterocycles. The first-order valence-corrected chi connectivity index (χ1v) is 11.2. The van der Waals surface area contributed by atoms with Gasteiger partial charge < -0.3 is 20.1 Å². The first-order valence-electron chi connectivity index (χ1n) is 11.2. The van der Waals surface area contributed by atoms with Gasteiger partial charge >= 0.3 is 0 Å². The molecule has 0 radical (unpaired) electrons. The predicted octanol–water partition coefficient (Wildman–Crippen LogP) is 0.549. The standard InChI is InChI=1S/C23H28FN5O5/c1-27-10-11-34-13-17(27)22(32)29-9-3-4-16(29)20-26-18(19(30)23(33)28(20)2)21(31)25-12-14-5-7-15(24)8-6-14/h5-8,16-17,30H,3-4,9-13H2,1-2H3,(H,25,31). The smallest absolute Gasteiger partial charge is 0.296 e. The molecule has 1 aromatic carbocycles. The minimum atomic E-state index is -0.769. The number of likely N-dealkylation sites (tertiary alicyclic amines) is 1. The lowest BCUT2D eigenvalue weighted by atomic mass is 10.1. The van der Waals surface area contributed by atoms with Crippen LogP contribution in [0.4, 0.5) is 4.39 Å². The predicted molar refractivity (Wildman–Crippen MR) is 120 cm³/mol. The first kappa shape index (κ1) is 23.8. The Hall–Kier alpha value is -3.31. The number of ether oxygens (including phenoxy) is 1. The van der Waals surface area contributed by atoms with Gasteiger partial charge in [-0.3, -0.25) is 23.9 Å². The van der Waals surface area contributed by atoms with Crippen LogP contribution >= 0.6 is 0 Å². The summed E-state index contributed by atoms with van der Waals surface area (Å²) >= 11 is 0. The number of morpholine rings is 1. The van der Waals surface area contributed by atoms with Crippen LogP contribution in [0.15, 0.2) is 29.1 Å². The number of hydrogen-bond acceptors (Lipinski definition) is 7. The average molecular weight is 474 g/mol. The third-order valence-electron chi connectivity index (χ3n) is 6.40. The van der Waals surface area contributed by atoms with Crippen molar-refractivity contribution in [3.63, 3.8) is 0 Å². The van der Waals surface area contributed by atoms with Crippen LogP contribution in [-0.4, -0.2) is 75.7 Å². The fourth-order valence-corrected chi connectivity index (χ4v) is 4.37. The quantitative estimate of drug-likeness (QED) is 0.651. The summed E-state index contributed by atoms with van der Waals surface area (Å²) in [5.74, 6) is -1.78. The van der Waals surface area contributed by atoms with Gasteiger partial charge in [-0.15, -0.1) is 0 Å². The zero-order valence-electron chi connectivity index (χ0n) is 19.2. The van der Waals surface area contributed by atoms with Gasteiger partial charge in [0.15, 0.2) is 5.69 Å². The molecule has 2 aliphatic rings. The molecule has 2 aliphatic heterocycles. The molecule has 4 rings (SSSR count). The summed E-state index contributed by atoms with van der Waals surface area (Å²) in [6.45, 7) is 2.05. The van der Waals surface area contributed by atoms with Crippen molar-refractivity contribution >= 4 is 11.8 Å². The number of nitrogens with zero attached hydrogens (tertiary/aromatic N) is 4. The lowest BCUT2D eigenvalue weighted by Crippen LogP contribution is -2.53. The van der Waals surface area contributed by atoms with E-state index in [9.17, 15) is 23.9 Å². The molecule has 2 unspecified atom stereocenters. The molecular weight excluding hydrogens is 445 g/mol. The van der Waals surface area contributed by atoms with Crippen LogP contribution < -0.4 is 10.9 Å². The third kappa shape index (κ3) is 4.66. The summed E-state index contributed by atoms with van der Waals surface area (Å²) in [6, 6.07) is 4.65. The number of hydrogen-bond donors (Lipinski definition) is 2. The van der Waals surface area contributed by atoms with E-state index in [1.54, 1.807) is 4.90 Å². The van der Waals surface area contributed by atoms with E-state index in [2.05, 4.69) is 10.3 Å². The van der Waals surface area contributed by atoms with E-state index in [1.165, 1.54) is 35.9 Å². The second kappa shape index (κ2) is 9.90. The van der Waals surface area contributed by atoms with E-state index in [0.29, 0.717) is 31.7 Å².